The molecule has 0 spiro atoms. The summed E-state index contributed by atoms with van der Waals surface area (Å²) < 4.78 is 2.00. The highest BCUT2D eigenvalue weighted by molar-refractivity contribution is 5.81. The summed E-state index contributed by atoms with van der Waals surface area (Å²) in [6.07, 6.45) is 4.66. The Kier molecular flexibility index (Phi) is 4.76. The highest BCUT2D eigenvalue weighted by Crippen LogP contribution is 2.26. The Morgan fingerprint density at radius 3 is 2.61 bits per heavy atom. The third-order valence-corrected chi connectivity index (χ3v) is 4.18. The molecule has 2 heterocycles. The van der Waals surface area contributed by atoms with Gasteiger partial charge in [0.25, 0.3) is 0 Å². The molecular weight excluding hydrogens is 290 g/mol. The molecule has 1 aromatic heterocycles. The normalized spacial score (nSPS) is 18.3. The lowest BCUT2D eigenvalue weighted by Crippen LogP contribution is -2.37. The molecule has 3 rings (SSSR count). The van der Waals surface area contributed by atoms with Gasteiger partial charge in [-0.05, 0) is 17.7 Å². The number of aryl methyl sites for hydroxylation is 1. The Hall–Kier alpha value is -2.56. The maximum absolute atomic E-state index is 12.7. The minimum Gasteiger partial charge on any atom is -0.354 e. The second kappa shape index (κ2) is 7.13. The van der Waals surface area contributed by atoms with Crippen LogP contribution >= 0.6 is 0 Å². The first-order valence-electron chi connectivity index (χ1n) is 7.96. The quantitative estimate of drug-likeness (QED) is 0.938. The van der Waals surface area contributed by atoms with Gasteiger partial charge < -0.3 is 14.8 Å². The molecule has 0 radical (unpaired) electrons. The molecule has 23 heavy (non-hydrogen) atoms. The van der Waals surface area contributed by atoms with Crippen molar-refractivity contribution in [1.29, 1.82) is 0 Å². The molecule has 2 amide bonds. The summed E-state index contributed by atoms with van der Waals surface area (Å²) in [5.41, 5.74) is 1.01. The van der Waals surface area contributed by atoms with E-state index in [1.54, 1.807) is 0 Å². The van der Waals surface area contributed by atoms with E-state index in [9.17, 15) is 9.59 Å². The summed E-state index contributed by atoms with van der Waals surface area (Å²) in [7, 11) is 0. The fraction of sp³-hybridized carbons (Fsp3) is 0.333. The van der Waals surface area contributed by atoms with Crippen LogP contribution in [0.15, 0.2) is 54.9 Å². The molecule has 1 atom stereocenters. The predicted octanol–water partition coefficient (Wildman–Crippen LogP) is 1.97. The number of hydrogen-bond donors (Lipinski definition) is 1. The second-order valence-electron chi connectivity index (χ2n) is 5.74. The number of amides is 2. The molecule has 1 fully saturated rings. The van der Waals surface area contributed by atoms with Gasteiger partial charge in [-0.2, -0.15) is 0 Å². The molecule has 5 heteroatoms. The fourth-order valence-corrected chi connectivity index (χ4v) is 2.99. The van der Waals surface area contributed by atoms with Gasteiger partial charge in [0.15, 0.2) is 0 Å². The third kappa shape index (κ3) is 3.80. The summed E-state index contributed by atoms with van der Waals surface area (Å²) in [5.74, 6) is 0.0867. The van der Waals surface area contributed by atoms with Gasteiger partial charge in [-0.25, -0.2) is 0 Å². The molecule has 0 aliphatic carbocycles. The van der Waals surface area contributed by atoms with Gasteiger partial charge in [0.05, 0.1) is 12.5 Å². The second-order valence-corrected chi connectivity index (χ2v) is 5.74. The summed E-state index contributed by atoms with van der Waals surface area (Å²) >= 11 is 0. The van der Waals surface area contributed by atoms with Crippen LogP contribution in [0.5, 0.6) is 0 Å². The topological polar surface area (TPSA) is 54.3 Å². The smallest absolute Gasteiger partial charge is 0.224 e. The molecule has 0 bridgehead atoms. The molecule has 1 aromatic carbocycles. The van der Waals surface area contributed by atoms with Crippen molar-refractivity contribution in [1.82, 2.24) is 14.8 Å². The van der Waals surface area contributed by atoms with Crippen LogP contribution in [0.3, 0.4) is 0 Å². The Balaban J connectivity index is 1.75. The van der Waals surface area contributed by atoms with Crippen molar-refractivity contribution in [3.05, 3.63) is 60.4 Å². The van der Waals surface area contributed by atoms with Gasteiger partial charge in [0.1, 0.15) is 0 Å². The first-order valence-corrected chi connectivity index (χ1v) is 7.96. The van der Waals surface area contributed by atoms with E-state index in [0.717, 1.165) is 5.56 Å². The van der Waals surface area contributed by atoms with Gasteiger partial charge >= 0.3 is 0 Å². The van der Waals surface area contributed by atoms with Crippen molar-refractivity contribution in [3.63, 3.8) is 0 Å². The Labute approximate surface area is 135 Å². The molecule has 1 unspecified atom stereocenters. The van der Waals surface area contributed by atoms with Crippen molar-refractivity contribution in [3.8, 4) is 0 Å². The van der Waals surface area contributed by atoms with Crippen molar-refractivity contribution in [2.75, 3.05) is 13.1 Å². The zero-order valence-electron chi connectivity index (χ0n) is 13.0. The molecule has 1 aliphatic rings. The molecule has 5 nitrogen and oxygen atoms in total. The molecule has 120 valence electrons. The van der Waals surface area contributed by atoms with Gasteiger partial charge in [0, 0.05) is 38.4 Å². The van der Waals surface area contributed by atoms with E-state index in [4.69, 9.17) is 0 Å². The van der Waals surface area contributed by atoms with Gasteiger partial charge in [-0.15, -0.1) is 0 Å². The zero-order valence-corrected chi connectivity index (χ0v) is 13.0. The molecule has 0 saturated carbocycles. The maximum Gasteiger partial charge on any atom is 0.224 e. The SMILES string of the molecule is O=C1CC(c2ccccc2)N(C(=O)CCn2cccc2)CCN1. The number of nitrogens with zero attached hydrogens (tertiary/aromatic N) is 2. The van der Waals surface area contributed by atoms with Gasteiger partial charge in [0.2, 0.25) is 11.8 Å². The summed E-state index contributed by atoms with van der Waals surface area (Å²) in [4.78, 5) is 26.5. The van der Waals surface area contributed by atoms with E-state index in [1.165, 1.54) is 0 Å². The fourth-order valence-electron chi connectivity index (χ4n) is 2.99. The minimum atomic E-state index is -0.184. The van der Waals surface area contributed by atoms with Crippen LogP contribution < -0.4 is 5.32 Å². The van der Waals surface area contributed by atoms with E-state index in [-0.39, 0.29) is 17.9 Å². The number of carbonyl (C=O) groups excluding carboxylic acids is 2. The number of rotatable bonds is 4. The van der Waals surface area contributed by atoms with E-state index in [1.807, 2.05) is 64.3 Å². The largest absolute Gasteiger partial charge is 0.354 e. The lowest BCUT2D eigenvalue weighted by atomic mass is 10.0. The molecule has 1 saturated heterocycles. The van der Waals surface area contributed by atoms with Crippen LogP contribution in [0.2, 0.25) is 0 Å². The minimum absolute atomic E-state index is 0.000405. The number of nitrogens with one attached hydrogen (secondary N) is 1. The predicted molar refractivity (Wildman–Crippen MR) is 87.6 cm³/mol. The molecule has 2 aromatic rings. The lowest BCUT2D eigenvalue weighted by molar-refractivity contribution is -0.134. The first-order chi connectivity index (χ1) is 11.2. The first kappa shape index (κ1) is 15.3. The van der Waals surface area contributed by atoms with Gasteiger partial charge in [-0.3, -0.25) is 9.59 Å². The van der Waals surface area contributed by atoms with Crippen molar-refractivity contribution < 1.29 is 9.59 Å². The maximum atomic E-state index is 12.7. The van der Waals surface area contributed by atoms with Crippen LogP contribution in [-0.4, -0.2) is 34.4 Å². The number of hydrogen-bond acceptors (Lipinski definition) is 2. The van der Waals surface area contributed by atoms with Crippen molar-refractivity contribution >= 4 is 11.8 Å². The molecule has 1 aliphatic heterocycles. The monoisotopic (exact) mass is 311 g/mol. The van der Waals surface area contributed by atoms with Crippen LogP contribution in [0.25, 0.3) is 0 Å². The highest BCUT2D eigenvalue weighted by atomic mass is 16.2. The number of carbonyl (C=O) groups is 2. The average molecular weight is 311 g/mol. The lowest BCUT2D eigenvalue weighted by Gasteiger charge is -2.29. The van der Waals surface area contributed by atoms with Crippen molar-refractivity contribution in [2.24, 2.45) is 0 Å². The standard InChI is InChI=1S/C18H21N3O2/c22-17-14-16(15-6-2-1-3-7-15)21(13-9-19-17)18(23)8-12-20-10-4-5-11-20/h1-7,10-11,16H,8-9,12-14H2,(H,19,22). The third-order valence-electron chi connectivity index (χ3n) is 4.18. The number of benzene rings is 1. The van der Waals surface area contributed by atoms with E-state index >= 15 is 0 Å². The summed E-state index contributed by atoms with van der Waals surface area (Å²) in [6, 6.07) is 13.5. The van der Waals surface area contributed by atoms with Crippen LogP contribution in [0.1, 0.15) is 24.4 Å². The Morgan fingerprint density at radius 2 is 1.87 bits per heavy atom. The summed E-state index contributed by atoms with van der Waals surface area (Å²) in [5, 5.41) is 2.86. The van der Waals surface area contributed by atoms with Crippen LogP contribution in [0, 0.1) is 0 Å². The van der Waals surface area contributed by atoms with Crippen molar-refractivity contribution in [2.45, 2.75) is 25.4 Å². The van der Waals surface area contributed by atoms with Crippen LogP contribution in [0.4, 0.5) is 0 Å². The zero-order chi connectivity index (χ0) is 16.1. The van der Waals surface area contributed by atoms with Gasteiger partial charge in [-0.1, -0.05) is 30.3 Å². The molecular formula is C18H21N3O2. The Morgan fingerprint density at radius 1 is 1.13 bits per heavy atom. The van der Waals surface area contributed by atoms with Crippen LogP contribution in [-0.2, 0) is 16.1 Å². The highest BCUT2D eigenvalue weighted by Gasteiger charge is 2.29. The van der Waals surface area contributed by atoms with E-state index in [0.29, 0.717) is 32.5 Å². The molecule has 1 N–H and O–H groups in total. The summed E-state index contributed by atoms with van der Waals surface area (Å²) in [6.45, 7) is 1.72. The van der Waals surface area contributed by atoms with E-state index in [2.05, 4.69) is 5.32 Å². The number of aromatic nitrogens is 1. The van der Waals surface area contributed by atoms with E-state index < -0.39 is 0 Å². The average Bonchev–Trinajstić information content (AvgIpc) is 3.01. The Bertz CT molecular complexity index is 652.